The van der Waals surface area contributed by atoms with E-state index in [0.29, 0.717) is 23.0 Å². The number of aromatic nitrogens is 5. The second-order valence-electron chi connectivity index (χ2n) is 8.24. The fraction of sp³-hybridized carbons (Fsp3) is 0.286. The van der Waals surface area contributed by atoms with Crippen molar-refractivity contribution in [2.75, 3.05) is 0 Å². The maximum atomic E-state index is 12.9. The van der Waals surface area contributed by atoms with Gasteiger partial charge < -0.3 is 4.57 Å². The highest BCUT2D eigenvalue weighted by molar-refractivity contribution is 5.80. The molecule has 0 radical (unpaired) electrons. The van der Waals surface area contributed by atoms with Crippen LogP contribution in [0.4, 0.5) is 0 Å². The van der Waals surface area contributed by atoms with Crippen LogP contribution in [0.2, 0.25) is 0 Å². The van der Waals surface area contributed by atoms with Crippen molar-refractivity contribution in [3.05, 3.63) is 68.8 Å². The first-order chi connectivity index (χ1) is 13.8. The maximum Gasteiger partial charge on any atom is 0.273 e. The third-order valence-corrected chi connectivity index (χ3v) is 4.66. The number of fused-ring (bicyclic) bond motifs is 2. The highest BCUT2D eigenvalue weighted by atomic mass is 16.2. The van der Waals surface area contributed by atoms with E-state index < -0.39 is 0 Å². The van der Waals surface area contributed by atoms with Crippen LogP contribution in [0, 0.1) is 16.7 Å². The molecule has 4 rings (SSSR count). The molecule has 0 amide bonds. The van der Waals surface area contributed by atoms with Gasteiger partial charge in [-0.2, -0.15) is 5.26 Å². The summed E-state index contributed by atoms with van der Waals surface area (Å²) in [6.45, 7) is 7.09. The molecule has 3 heterocycles. The first-order valence-electron chi connectivity index (χ1n) is 9.24. The zero-order valence-electron chi connectivity index (χ0n) is 16.4. The summed E-state index contributed by atoms with van der Waals surface area (Å²) in [5.41, 5.74) is 0.784. The molecule has 29 heavy (non-hydrogen) atoms. The van der Waals surface area contributed by atoms with Crippen molar-refractivity contribution in [2.45, 2.75) is 33.9 Å². The van der Waals surface area contributed by atoms with Crippen molar-refractivity contribution in [1.82, 2.24) is 24.3 Å². The van der Waals surface area contributed by atoms with Crippen LogP contribution in [0.1, 0.15) is 32.3 Å². The third kappa shape index (κ3) is 3.43. The molecule has 0 aliphatic heterocycles. The molecule has 0 fully saturated rings. The van der Waals surface area contributed by atoms with Gasteiger partial charge in [-0.1, -0.05) is 32.9 Å². The lowest BCUT2D eigenvalue weighted by Gasteiger charge is -2.22. The Morgan fingerprint density at radius 3 is 2.59 bits per heavy atom. The maximum absolute atomic E-state index is 12.9. The van der Waals surface area contributed by atoms with Crippen LogP contribution in [0.3, 0.4) is 0 Å². The largest absolute Gasteiger partial charge is 0.327 e. The van der Waals surface area contributed by atoms with Crippen LogP contribution in [0.5, 0.6) is 0 Å². The number of nitrogens with zero attached hydrogens (tertiary/aromatic N) is 5. The monoisotopic (exact) mass is 388 g/mol. The van der Waals surface area contributed by atoms with Gasteiger partial charge in [0.15, 0.2) is 0 Å². The lowest BCUT2D eigenvalue weighted by Crippen LogP contribution is -2.31. The SMILES string of the molecule is CC(C)(C)Cn1c(Cn2[nH]c(=O)c3ccccc3c2=O)cc2cnc(C#N)nc21. The molecule has 8 heteroatoms. The summed E-state index contributed by atoms with van der Waals surface area (Å²) in [5.74, 6) is 0.0913. The minimum Gasteiger partial charge on any atom is -0.327 e. The van der Waals surface area contributed by atoms with Crippen LogP contribution >= 0.6 is 0 Å². The summed E-state index contributed by atoms with van der Waals surface area (Å²) in [7, 11) is 0. The third-order valence-electron chi connectivity index (χ3n) is 4.66. The molecule has 4 aromatic rings. The summed E-state index contributed by atoms with van der Waals surface area (Å²) >= 11 is 0. The van der Waals surface area contributed by atoms with Gasteiger partial charge in [-0.3, -0.25) is 14.7 Å². The van der Waals surface area contributed by atoms with Gasteiger partial charge in [0, 0.05) is 23.8 Å². The van der Waals surface area contributed by atoms with E-state index in [4.69, 9.17) is 5.26 Å². The van der Waals surface area contributed by atoms with Crippen molar-refractivity contribution >= 4 is 21.8 Å². The van der Waals surface area contributed by atoms with E-state index in [0.717, 1.165) is 11.1 Å². The number of H-pyrrole nitrogens is 1. The first kappa shape index (κ1) is 18.6. The Bertz CT molecular complexity index is 1400. The van der Waals surface area contributed by atoms with Gasteiger partial charge in [0.2, 0.25) is 5.82 Å². The number of hydrogen-bond acceptors (Lipinski definition) is 5. The molecule has 1 N–H and O–H groups in total. The number of rotatable bonds is 3. The second-order valence-corrected chi connectivity index (χ2v) is 8.24. The van der Waals surface area contributed by atoms with Crippen molar-refractivity contribution in [3.63, 3.8) is 0 Å². The molecule has 0 aliphatic rings. The summed E-state index contributed by atoms with van der Waals surface area (Å²) < 4.78 is 3.30. The van der Waals surface area contributed by atoms with Gasteiger partial charge in [0.25, 0.3) is 11.1 Å². The average Bonchev–Trinajstić information content (AvgIpc) is 3.00. The molecule has 0 unspecified atom stereocenters. The van der Waals surface area contributed by atoms with Crippen molar-refractivity contribution in [2.24, 2.45) is 5.41 Å². The summed E-state index contributed by atoms with van der Waals surface area (Å²) in [6.07, 6.45) is 1.61. The normalized spacial score (nSPS) is 11.8. The number of hydrogen-bond donors (Lipinski definition) is 1. The van der Waals surface area contributed by atoms with Crippen molar-refractivity contribution in [3.8, 4) is 6.07 Å². The smallest absolute Gasteiger partial charge is 0.273 e. The van der Waals surface area contributed by atoms with E-state index >= 15 is 0 Å². The molecule has 0 spiro atoms. The molecule has 146 valence electrons. The van der Waals surface area contributed by atoms with Gasteiger partial charge in [-0.05, 0) is 23.6 Å². The Morgan fingerprint density at radius 1 is 1.17 bits per heavy atom. The second kappa shape index (κ2) is 6.71. The molecule has 0 atom stereocenters. The van der Waals surface area contributed by atoms with Crippen molar-refractivity contribution < 1.29 is 0 Å². The van der Waals surface area contributed by atoms with Gasteiger partial charge in [0.1, 0.15) is 11.7 Å². The molecule has 0 saturated carbocycles. The molecule has 0 aliphatic carbocycles. The lowest BCUT2D eigenvalue weighted by molar-refractivity contribution is 0.341. The molecule has 3 aromatic heterocycles. The average molecular weight is 388 g/mol. The number of benzene rings is 1. The lowest BCUT2D eigenvalue weighted by atomic mass is 9.97. The van der Waals surface area contributed by atoms with E-state index in [1.165, 1.54) is 4.68 Å². The Kier molecular flexibility index (Phi) is 4.31. The summed E-state index contributed by atoms with van der Waals surface area (Å²) in [5, 5.41) is 13.4. The quantitative estimate of drug-likeness (QED) is 0.580. The summed E-state index contributed by atoms with van der Waals surface area (Å²) in [6, 6.07) is 10.6. The van der Waals surface area contributed by atoms with Crippen LogP contribution in [-0.2, 0) is 13.1 Å². The number of aromatic amines is 1. The summed E-state index contributed by atoms with van der Waals surface area (Å²) in [4.78, 5) is 33.7. The molecular formula is C21H20N6O2. The van der Waals surface area contributed by atoms with E-state index in [2.05, 4.69) is 35.8 Å². The van der Waals surface area contributed by atoms with Crippen LogP contribution < -0.4 is 11.1 Å². The van der Waals surface area contributed by atoms with Crippen molar-refractivity contribution in [1.29, 1.82) is 5.26 Å². The predicted molar refractivity (Wildman–Crippen MR) is 110 cm³/mol. The van der Waals surface area contributed by atoms with Gasteiger partial charge in [0.05, 0.1) is 17.3 Å². The predicted octanol–water partition coefficient (Wildman–Crippen LogP) is 2.40. The minimum absolute atomic E-state index is 0.0692. The van der Waals surface area contributed by atoms with Crippen LogP contribution in [0.15, 0.2) is 46.1 Å². The zero-order chi connectivity index (χ0) is 20.8. The molecule has 0 saturated heterocycles. The standard InChI is InChI=1S/C21H20N6O2/c1-21(2,3)12-26-14(8-13-10-23-17(9-22)24-18(13)26)11-27-20(29)16-7-5-4-6-15(16)19(28)25-27/h4-8,10H,11-12H2,1-3H3,(H,25,28). The van der Waals surface area contributed by atoms with E-state index in [1.54, 1.807) is 30.5 Å². The fourth-order valence-corrected chi connectivity index (χ4v) is 3.45. The zero-order valence-corrected chi connectivity index (χ0v) is 16.4. The Morgan fingerprint density at radius 2 is 1.90 bits per heavy atom. The molecule has 8 nitrogen and oxygen atoms in total. The van der Waals surface area contributed by atoms with E-state index in [1.807, 2.05) is 16.7 Å². The number of nitrogens with one attached hydrogen (secondary N) is 1. The fourth-order valence-electron chi connectivity index (χ4n) is 3.45. The van der Waals surface area contributed by atoms with E-state index in [-0.39, 0.29) is 28.9 Å². The molecular weight excluding hydrogens is 368 g/mol. The topological polar surface area (TPSA) is 109 Å². The van der Waals surface area contributed by atoms with E-state index in [9.17, 15) is 9.59 Å². The van der Waals surface area contributed by atoms with Gasteiger partial charge >= 0.3 is 0 Å². The highest BCUT2D eigenvalue weighted by Gasteiger charge is 2.19. The Labute approximate surface area is 166 Å². The molecule has 0 bridgehead atoms. The molecule has 1 aromatic carbocycles. The van der Waals surface area contributed by atoms with Gasteiger partial charge in [-0.25, -0.2) is 14.6 Å². The minimum atomic E-state index is -0.315. The first-order valence-corrected chi connectivity index (χ1v) is 9.24. The van der Waals surface area contributed by atoms with Crippen LogP contribution in [-0.4, -0.2) is 24.3 Å². The Hall–Kier alpha value is -3.73. The number of nitriles is 1. The highest BCUT2D eigenvalue weighted by Crippen LogP contribution is 2.24. The Balaban J connectivity index is 1.91. The van der Waals surface area contributed by atoms with Crippen LogP contribution in [0.25, 0.3) is 21.8 Å². The van der Waals surface area contributed by atoms with Gasteiger partial charge in [-0.15, -0.1) is 0 Å².